The number of Topliss-reactive ketones (excluding diaryl/α,β-unsaturated/α-hetero) is 1. The van der Waals surface area contributed by atoms with E-state index in [9.17, 15) is 4.79 Å². The molecule has 1 aromatic carbocycles. The maximum absolute atomic E-state index is 11.9. The molecule has 1 unspecified atom stereocenters. The molecule has 0 aliphatic carbocycles. The third kappa shape index (κ3) is 4.00. The van der Waals surface area contributed by atoms with Gasteiger partial charge >= 0.3 is 0 Å². The van der Waals surface area contributed by atoms with Crippen LogP contribution in [0.3, 0.4) is 0 Å². The van der Waals surface area contributed by atoms with E-state index in [2.05, 4.69) is 29.4 Å². The van der Waals surface area contributed by atoms with Crippen molar-refractivity contribution in [2.45, 2.75) is 19.4 Å². The zero-order valence-corrected chi connectivity index (χ0v) is 11.0. The molecule has 0 spiro atoms. The van der Waals surface area contributed by atoms with Gasteiger partial charge in [-0.25, -0.2) is 0 Å². The minimum absolute atomic E-state index is 0.0772. The van der Waals surface area contributed by atoms with Gasteiger partial charge in [-0.3, -0.25) is 9.78 Å². The summed E-state index contributed by atoms with van der Waals surface area (Å²) in [6, 6.07) is 15.9. The van der Waals surface area contributed by atoms with Gasteiger partial charge in [0.05, 0.1) is 0 Å². The number of nitrogens with one attached hydrogen (secondary N) is 1. The Bertz CT molecular complexity index is 511. The van der Waals surface area contributed by atoms with Gasteiger partial charge in [0, 0.05) is 25.2 Å². The van der Waals surface area contributed by atoms with E-state index < -0.39 is 0 Å². The van der Waals surface area contributed by atoms with Crippen molar-refractivity contribution in [3.05, 3.63) is 66.0 Å². The fourth-order valence-electron chi connectivity index (χ4n) is 1.92. The molecule has 0 aliphatic heterocycles. The second-order valence-corrected chi connectivity index (χ2v) is 4.47. The van der Waals surface area contributed by atoms with Crippen molar-refractivity contribution >= 4 is 5.78 Å². The molecule has 2 aromatic rings. The van der Waals surface area contributed by atoms with Gasteiger partial charge in [0.15, 0.2) is 5.78 Å². The van der Waals surface area contributed by atoms with E-state index in [4.69, 9.17) is 0 Å². The molecule has 0 fully saturated rings. The molecule has 2 rings (SSSR count). The normalized spacial score (nSPS) is 12.1. The Hall–Kier alpha value is -2.00. The highest BCUT2D eigenvalue weighted by Crippen LogP contribution is 2.11. The summed E-state index contributed by atoms with van der Waals surface area (Å²) in [4.78, 5) is 15.9. The van der Waals surface area contributed by atoms with Crippen molar-refractivity contribution in [3.8, 4) is 0 Å². The van der Waals surface area contributed by atoms with Gasteiger partial charge in [0.25, 0.3) is 0 Å². The van der Waals surface area contributed by atoms with Crippen LogP contribution in [0.4, 0.5) is 0 Å². The third-order valence-corrected chi connectivity index (χ3v) is 3.05. The SMILES string of the molecule is CC(NCCC(=O)c1ccccn1)c1ccccc1. The van der Waals surface area contributed by atoms with Crippen LogP contribution in [-0.4, -0.2) is 17.3 Å². The van der Waals surface area contributed by atoms with Crippen LogP contribution in [0.1, 0.15) is 35.4 Å². The molecule has 98 valence electrons. The van der Waals surface area contributed by atoms with Gasteiger partial charge in [-0.2, -0.15) is 0 Å². The van der Waals surface area contributed by atoms with Gasteiger partial charge < -0.3 is 5.32 Å². The number of benzene rings is 1. The van der Waals surface area contributed by atoms with E-state index in [1.165, 1.54) is 5.56 Å². The van der Waals surface area contributed by atoms with E-state index in [0.29, 0.717) is 18.7 Å². The smallest absolute Gasteiger partial charge is 0.182 e. The summed E-state index contributed by atoms with van der Waals surface area (Å²) in [5.74, 6) is 0.0772. The van der Waals surface area contributed by atoms with Gasteiger partial charge in [-0.1, -0.05) is 36.4 Å². The molecule has 0 aliphatic rings. The fraction of sp³-hybridized carbons (Fsp3) is 0.250. The summed E-state index contributed by atoms with van der Waals surface area (Å²) in [5.41, 5.74) is 1.77. The molecule has 3 nitrogen and oxygen atoms in total. The van der Waals surface area contributed by atoms with Crippen LogP contribution in [0.5, 0.6) is 0 Å². The second kappa shape index (κ2) is 6.81. The number of hydrogen-bond acceptors (Lipinski definition) is 3. The van der Waals surface area contributed by atoms with Crippen LogP contribution < -0.4 is 5.32 Å². The number of aromatic nitrogens is 1. The van der Waals surface area contributed by atoms with E-state index in [0.717, 1.165) is 0 Å². The second-order valence-electron chi connectivity index (χ2n) is 4.47. The number of ketones is 1. The van der Waals surface area contributed by atoms with Gasteiger partial charge in [-0.15, -0.1) is 0 Å². The predicted molar refractivity (Wildman–Crippen MR) is 76.0 cm³/mol. The summed E-state index contributed by atoms with van der Waals surface area (Å²) in [6.45, 7) is 2.76. The lowest BCUT2D eigenvalue weighted by molar-refractivity contribution is 0.0977. The van der Waals surface area contributed by atoms with Crippen LogP contribution in [0, 0.1) is 0 Å². The molecule has 3 heteroatoms. The number of rotatable bonds is 6. The lowest BCUT2D eigenvalue weighted by Crippen LogP contribution is -2.22. The largest absolute Gasteiger partial charge is 0.310 e. The summed E-state index contributed by atoms with van der Waals surface area (Å²) < 4.78 is 0. The number of hydrogen-bond donors (Lipinski definition) is 1. The van der Waals surface area contributed by atoms with E-state index in [-0.39, 0.29) is 11.8 Å². The van der Waals surface area contributed by atoms with Crippen molar-refractivity contribution in [1.29, 1.82) is 0 Å². The summed E-state index contributed by atoms with van der Waals surface area (Å²) in [7, 11) is 0. The maximum atomic E-state index is 11.9. The van der Waals surface area contributed by atoms with Crippen molar-refractivity contribution in [2.75, 3.05) is 6.54 Å². The zero-order chi connectivity index (χ0) is 13.5. The Kier molecular flexibility index (Phi) is 4.81. The molecule has 0 saturated heterocycles. The first kappa shape index (κ1) is 13.4. The first-order valence-electron chi connectivity index (χ1n) is 6.50. The molecule has 0 radical (unpaired) electrons. The summed E-state index contributed by atoms with van der Waals surface area (Å²) in [5, 5.41) is 3.35. The Morgan fingerprint density at radius 2 is 1.89 bits per heavy atom. The monoisotopic (exact) mass is 254 g/mol. The van der Waals surface area contributed by atoms with Crippen molar-refractivity contribution in [2.24, 2.45) is 0 Å². The van der Waals surface area contributed by atoms with Crippen LogP contribution in [0.25, 0.3) is 0 Å². The standard InChI is InChI=1S/C16H18N2O/c1-13(14-7-3-2-4-8-14)17-12-10-16(19)15-9-5-6-11-18-15/h2-9,11,13,17H,10,12H2,1H3. The average Bonchev–Trinajstić information content (AvgIpc) is 2.49. The van der Waals surface area contributed by atoms with E-state index >= 15 is 0 Å². The lowest BCUT2D eigenvalue weighted by Gasteiger charge is -2.13. The third-order valence-electron chi connectivity index (χ3n) is 3.05. The predicted octanol–water partition coefficient (Wildman–Crippen LogP) is 3.01. The summed E-state index contributed by atoms with van der Waals surface area (Å²) >= 11 is 0. The Morgan fingerprint density at radius 1 is 1.16 bits per heavy atom. The highest BCUT2D eigenvalue weighted by molar-refractivity contribution is 5.94. The number of pyridine rings is 1. The minimum Gasteiger partial charge on any atom is -0.310 e. The quantitative estimate of drug-likeness (QED) is 0.806. The molecule has 1 aromatic heterocycles. The Morgan fingerprint density at radius 3 is 2.58 bits per heavy atom. The zero-order valence-electron chi connectivity index (χ0n) is 11.0. The first-order chi connectivity index (χ1) is 9.27. The van der Waals surface area contributed by atoms with Crippen LogP contribution in [-0.2, 0) is 0 Å². The highest BCUT2D eigenvalue weighted by Gasteiger charge is 2.08. The van der Waals surface area contributed by atoms with Crippen molar-refractivity contribution in [3.63, 3.8) is 0 Å². The number of nitrogens with zero attached hydrogens (tertiary/aromatic N) is 1. The molecular formula is C16H18N2O. The highest BCUT2D eigenvalue weighted by atomic mass is 16.1. The minimum atomic E-state index is 0.0772. The number of carbonyl (C=O) groups is 1. The van der Waals surface area contributed by atoms with E-state index in [1.54, 1.807) is 12.3 Å². The average molecular weight is 254 g/mol. The molecule has 0 saturated carbocycles. The van der Waals surface area contributed by atoms with Crippen molar-refractivity contribution < 1.29 is 4.79 Å². The van der Waals surface area contributed by atoms with Gasteiger partial charge in [0.2, 0.25) is 0 Å². The van der Waals surface area contributed by atoms with Crippen LogP contribution >= 0.6 is 0 Å². The molecule has 0 bridgehead atoms. The van der Waals surface area contributed by atoms with Crippen molar-refractivity contribution in [1.82, 2.24) is 10.3 Å². The van der Waals surface area contributed by atoms with E-state index in [1.807, 2.05) is 30.3 Å². The first-order valence-corrected chi connectivity index (χ1v) is 6.50. The van der Waals surface area contributed by atoms with Gasteiger partial charge in [-0.05, 0) is 24.6 Å². The summed E-state index contributed by atoms with van der Waals surface area (Å²) in [6.07, 6.45) is 2.11. The molecule has 1 N–H and O–H groups in total. The molecule has 1 atom stereocenters. The fourth-order valence-corrected chi connectivity index (χ4v) is 1.92. The lowest BCUT2D eigenvalue weighted by atomic mass is 10.1. The van der Waals surface area contributed by atoms with Crippen LogP contribution in [0.15, 0.2) is 54.7 Å². The molecular weight excluding hydrogens is 236 g/mol. The van der Waals surface area contributed by atoms with Gasteiger partial charge in [0.1, 0.15) is 5.69 Å². The molecule has 0 amide bonds. The van der Waals surface area contributed by atoms with Crippen LogP contribution in [0.2, 0.25) is 0 Å². The maximum Gasteiger partial charge on any atom is 0.182 e. The Balaban J connectivity index is 1.79. The molecule has 1 heterocycles. The Labute approximate surface area is 113 Å². The number of carbonyl (C=O) groups excluding carboxylic acids is 1. The molecule has 19 heavy (non-hydrogen) atoms. The topological polar surface area (TPSA) is 42.0 Å².